The van der Waals surface area contributed by atoms with E-state index in [4.69, 9.17) is 0 Å². The monoisotopic (exact) mass is 206 g/mol. The van der Waals surface area contributed by atoms with Gasteiger partial charge in [0.05, 0.1) is 6.54 Å². The first-order valence-electron chi connectivity index (χ1n) is 4.64. The Bertz CT molecular complexity index is 413. The molecular formula is C10H11FN4. The van der Waals surface area contributed by atoms with E-state index in [0.717, 1.165) is 11.4 Å². The number of H-pyrrole nitrogens is 1. The van der Waals surface area contributed by atoms with E-state index in [0.29, 0.717) is 13.1 Å². The molecule has 0 saturated carbocycles. The van der Waals surface area contributed by atoms with Crippen molar-refractivity contribution in [3.63, 3.8) is 0 Å². The number of hydrogen-bond acceptors (Lipinski definition) is 3. The number of aromatic amines is 1. The van der Waals surface area contributed by atoms with Crippen molar-refractivity contribution in [2.45, 2.75) is 13.1 Å². The van der Waals surface area contributed by atoms with Crippen LogP contribution in [-0.4, -0.2) is 15.2 Å². The molecule has 2 N–H and O–H groups in total. The number of benzene rings is 1. The van der Waals surface area contributed by atoms with Crippen LogP contribution in [0.3, 0.4) is 0 Å². The molecule has 0 bridgehead atoms. The lowest BCUT2D eigenvalue weighted by Gasteiger charge is -2.02. The maximum atomic E-state index is 12.8. The van der Waals surface area contributed by atoms with Crippen LogP contribution in [0.4, 0.5) is 4.39 Å². The summed E-state index contributed by atoms with van der Waals surface area (Å²) >= 11 is 0. The number of rotatable bonds is 4. The van der Waals surface area contributed by atoms with Crippen LogP contribution in [0.2, 0.25) is 0 Å². The van der Waals surface area contributed by atoms with Crippen molar-refractivity contribution in [2.75, 3.05) is 0 Å². The Morgan fingerprint density at radius 1 is 1.33 bits per heavy atom. The van der Waals surface area contributed by atoms with Crippen LogP contribution in [0, 0.1) is 5.82 Å². The zero-order valence-corrected chi connectivity index (χ0v) is 8.07. The number of hydrogen-bond donors (Lipinski definition) is 2. The summed E-state index contributed by atoms with van der Waals surface area (Å²) in [5.74, 6) is 0.556. The Morgan fingerprint density at radius 3 is 3.00 bits per heavy atom. The quantitative estimate of drug-likeness (QED) is 0.791. The molecule has 2 aromatic rings. The van der Waals surface area contributed by atoms with Gasteiger partial charge < -0.3 is 5.32 Å². The molecule has 0 amide bonds. The number of nitrogens with one attached hydrogen (secondary N) is 2. The standard InChI is InChI=1S/C10H11FN4/c11-9-3-1-2-8(4-9)5-12-6-10-13-7-14-15-10/h1-4,7,12H,5-6H2,(H,13,14,15). The van der Waals surface area contributed by atoms with Gasteiger partial charge in [-0.25, -0.2) is 9.37 Å². The highest BCUT2D eigenvalue weighted by atomic mass is 19.1. The van der Waals surface area contributed by atoms with Gasteiger partial charge in [-0.3, -0.25) is 5.10 Å². The SMILES string of the molecule is Fc1cccc(CNCc2ncn[nH]2)c1. The predicted molar refractivity (Wildman–Crippen MR) is 53.3 cm³/mol. The topological polar surface area (TPSA) is 53.6 Å². The third-order valence-corrected chi connectivity index (χ3v) is 1.98. The van der Waals surface area contributed by atoms with Gasteiger partial charge in [-0.05, 0) is 17.7 Å². The first-order valence-corrected chi connectivity index (χ1v) is 4.64. The van der Waals surface area contributed by atoms with Crippen LogP contribution in [-0.2, 0) is 13.1 Å². The zero-order chi connectivity index (χ0) is 10.5. The highest BCUT2D eigenvalue weighted by Gasteiger charge is 1.97. The van der Waals surface area contributed by atoms with E-state index >= 15 is 0 Å². The van der Waals surface area contributed by atoms with Crippen LogP contribution >= 0.6 is 0 Å². The molecule has 4 nitrogen and oxygen atoms in total. The first-order chi connectivity index (χ1) is 7.34. The summed E-state index contributed by atoms with van der Waals surface area (Å²) in [4.78, 5) is 3.96. The smallest absolute Gasteiger partial charge is 0.138 e. The second-order valence-electron chi connectivity index (χ2n) is 3.17. The van der Waals surface area contributed by atoms with E-state index in [-0.39, 0.29) is 5.82 Å². The summed E-state index contributed by atoms with van der Waals surface area (Å²) in [5, 5.41) is 9.59. The minimum Gasteiger partial charge on any atom is -0.306 e. The summed E-state index contributed by atoms with van der Waals surface area (Å²) in [6.45, 7) is 1.20. The van der Waals surface area contributed by atoms with E-state index in [1.807, 2.05) is 6.07 Å². The van der Waals surface area contributed by atoms with Gasteiger partial charge in [0.2, 0.25) is 0 Å². The summed E-state index contributed by atoms with van der Waals surface area (Å²) in [7, 11) is 0. The summed E-state index contributed by atoms with van der Waals surface area (Å²) in [6, 6.07) is 6.50. The Kier molecular flexibility index (Phi) is 3.04. The minimum atomic E-state index is -0.214. The molecule has 0 aliphatic rings. The molecule has 0 aliphatic carbocycles. The Balaban J connectivity index is 1.83. The van der Waals surface area contributed by atoms with Gasteiger partial charge in [0, 0.05) is 6.54 Å². The lowest BCUT2D eigenvalue weighted by Crippen LogP contribution is -2.13. The summed E-state index contributed by atoms with van der Waals surface area (Å²) in [5.41, 5.74) is 0.912. The van der Waals surface area contributed by atoms with Gasteiger partial charge in [0.15, 0.2) is 0 Å². The van der Waals surface area contributed by atoms with E-state index in [1.165, 1.54) is 18.5 Å². The molecule has 78 valence electrons. The molecule has 1 aromatic heterocycles. The van der Waals surface area contributed by atoms with Crippen LogP contribution < -0.4 is 5.32 Å². The van der Waals surface area contributed by atoms with E-state index in [2.05, 4.69) is 20.5 Å². The maximum Gasteiger partial charge on any atom is 0.138 e. The van der Waals surface area contributed by atoms with Gasteiger partial charge >= 0.3 is 0 Å². The average molecular weight is 206 g/mol. The maximum absolute atomic E-state index is 12.8. The molecule has 0 aliphatic heterocycles. The largest absolute Gasteiger partial charge is 0.306 e. The molecule has 1 heterocycles. The van der Waals surface area contributed by atoms with Gasteiger partial charge in [0.25, 0.3) is 0 Å². The van der Waals surface area contributed by atoms with Gasteiger partial charge in [-0.2, -0.15) is 5.10 Å². The van der Waals surface area contributed by atoms with Crippen LogP contribution in [0.25, 0.3) is 0 Å². The summed E-state index contributed by atoms with van der Waals surface area (Å²) < 4.78 is 12.8. The Hall–Kier alpha value is -1.75. The molecule has 0 atom stereocenters. The fourth-order valence-corrected chi connectivity index (χ4v) is 1.29. The molecule has 0 spiro atoms. The molecule has 0 unspecified atom stereocenters. The van der Waals surface area contributed by atoms with Crippen LogP contribution in [0.15, 0.2) is 30.6 Å². The minimum absolute atomic E-state index is 0.214. The molecule has 0 radical (unpaired) electrons. The van der Waals surface area contributed by atoms with E-state index in [9.17, 15) is 4.39 Å². The lowest BCUT2D eigenvalue weighted by molar-refractivity contribution is 0.617. The molecule has 5 heteroatoms. The van der Waals surface area contributed by atoms with Crippen molar-refractivity contribution in [3.8, 4) is 0 Å². The second-order valence-corrected chi connectivity index (χ2v) is 3.17. The van der Waals surface area contributed by atoms with Crippen LogP contribution in [0.1, 0.15) is 11.4 Å². The predicted octanol–water partition coefficient (Wildman–Crippen LogP) is 1.23. The van der Waals surface area contributed by atoms with Crippen molar-refractivity contribution in [3.05, 3.63) is 47.8 Å². The van der Waals surface area contributed by atoms with Gasteiger partial charge in [-0.15, -0.1) is 0 Å². The third kappa shape index (κ3) is 2.85. The molecule has 0 fully saturated rings. The molecule has 15 heavy (non-hydrogen) atoms. The number of halogens is 1. The van der Waals surface area contributed by atoms with Crippen molar-refractivity contribution < 1.29 is 4.39 Å². The molecule has 0 saturated heterocycles. The van der Waals surface area contributed by atoms with E-state index < -0.39 is 0 Å². The van der Waals surface area contributed by atoms with Crippen LogP contribution in [0.5, 0.6) is 0 Å². The summed E-state index contributed by atoms with van der Waals surface area (Å²) in [6.07, 6.45) is 1.46. The zero-order valence-electron chi connectivity index (χ0n) is 8.07. The number of nitrogens with zero attached hydrogens (tertiary/aromatic N) is 2. The van der Waals surface area contributed by atoms with Crippen molar-refractivity contribution in [1.82, 2.24) is 20.5 Å². The van der Waals surface area contributed by atoms with Crippen molar-refractivity contribution in [1.29, 1.82) is 0 Å². The third-order valence-electron chi connectivity index (χ3n) is 1.98. The normalized spacial score (nSPS) is 10.5. The average Bonchev–Trinajstić information content (AvgIpc) is 2.71. The first kappa shape index (κ1) is 9.79. The highest BCUT2D eigenvalue weighted by molar-refractivity contribution is 5.15. The lowest BCUT2D eigenvalue weighted by atomic mass is 10.2. The highest BCUT2D eigenvalue weighted by Crippen LogP contribution is 2.02. The molecule has 2 rings (SSSR count). The Labute approximate surface area is 86.6 Å². The van der Waals surface area contributed by atoms with Crippen molar-refractivity contribution >= 4 is 0 Å². The van der Waals surface area contributed by atoms with E-state index in [1.54, 1.807) is 6.07 Å². The fraction of sp³-hybridized carbons (Fsp3) is 0.200. The van der Waals surface area contributed by atoms with Gasteiger partial charge in [-0.1, -0.05) is 12.1 Å². The fourth-order valence-electron chi connectivity index (χ4n) is 1.29. The van der Waals surface area contributed by atoms with Gasteiger partial charge in [0.1, 0.15) is 18.0 Å². The van der Waals surface area contributed by atoms with Crippen molar-refractivity contribution in [2.24, 2.45) is 0 Å². The molecule has 1 aromatic carbocycles. The molecular weight excluding hydrogens is 195 g/mol. The second kappa shape index (κ2) is 4.65. The Morgan fingerprint density at radius 2 is 2.27 bits per heavy atom. The number of aromatic nitrogens is 3.